The van der Waals surface area contributed by atoms with Gasteiger partial charge in [-0.1, -0.05) is 30.0 Å². The zero-order chi connectivity index (χ0) is 12.0. The van der Waals surface area contributed by atoms with E-state index in [0.29, 0.717) is 6.42 Å². The number of nitrogens with zero attached hydrogens (tertiary/aromatic N) is 2. The van der Waals surface area contributed by atoms with Crippen molar-refractivity contribution >= 4 is 29.0 Å². The third-order valence-electron chi connectivity index (χ3n) is 1.93. The Kier molecular flexibility index (Phi) is 5.72. The van der Waals surface area contributed by atoms with Gasteiger partial charge in [0.25, 0.3) is 0 Å². The highest BCUT2D eigenvalue weighted by Gasteiger charge is 2.13. The third kappa shape index (κ3) is 4.46. The van der Waals surface area contributed by atoms with Crippen LogP contribution >= 0.6 is 23.1 Å². The molecule has 0 aromatic carbocycles. The summed E-state index contributed by atoms with van der Waals surface area (Å²) in [5, 5.41) is 11.9. The number of thioether (sulfide) groups is 1. The molecule has 1 amide bonds. The molecule has 1 rings (SSSR count). The number of nitrogens with two attached hydrogens (primary N) is 1. The monoisotopic (exact) mass is 260 g/mol. The van der Waals surface area contributed by atoms with E-state index in [-0.39, 0.29) is 11.9 Å². The summed E-state index contributed by atoms with van der Waals surface area (Å²) in [6.07, 6.45) is 0.715. The Bertz CT molecular complexity index is 342. The first-order chi connectivity index (χ1) is 7.63. The molecule has 0 aliphatic carbocycles. The predicted molar refractivity (Wildman–Crippen MR) is 66.6 cm³/mol. The van der Waals surface area contributed by atoms with Crippen molar-refractivity contribution in [2.75, 3.05) is 12.3 Å². The lowest BCUT2D eigenvalue weighted by Crippen LogP contribution is -2.41. The van der Waals surface area contributed by atoms with Gasteiger partial charge in [0.1, 0.15) is 5.01 Å². The normalized spacial score (nSPS) is 12.6. The zero-order valence-electron chi connectivity index (χ0n) is 9.40. The van der Waals surface area contributed by atoms with Gasteiger partial charge in [0.05, 0.1) is 6.04 Å². The van der Waals surface area contributed by atoms with Crippen molar-refractivity contribution in [2.24, 2.45) is 5.73 Å². The Hall–Kier alpha value is -0.660. The first-order valence-electron chi connectivity index (χ1n) is 5.09. The minimum Gasteiger partial charge on any atom is -0.368 e. The van der Waals surface area contributed by atoms with Crippen LogP contribution in [0.5, 0.6) is 0 Å². The van der Waals surface area contributed by atoms with E-state index in [1.165, 1.54) is 0 Å². The average Bonchev–Trinajstić information content (AvgIpc) is 2.63. The van der Waals surface area contributed by atoms with Crippen LogP contribution in [0.1, 0.15) is 18.4 Å². The fourth-order valence-corrected chi connectivity index (χ4v) is 3.08. The SMILES string of the molecule is CCNC(CCSc1nnc(C)s1)C(N)=O. The molecule has 0 aliphatic heterocycles. The van der Waals surface area contributed by atoms with Gasteiger partial charge >= 0.3 is 0 Å². The average molecular weight is 260 g/mol. The number of carbonyl (C=O) groups excluding carboxylic acids is 1. The fourth-order valence-electron chi connectivity index (χ4n) is 1.19. The molecule has 0 bridgehead atoms. The number of aromatic nitrogens is 2. The van der Waals surface area contributed by atoms with Gasteiger partial charge < -0.3 is 11.1 Å². The van der Waals surface area contributed by atoms with Gasteiger partial charge in [-0.05, 0) is 19.9 Å². The standard InChI is InChI=1S/C9H16N4OS2/c1-3-11-7(8(10)14)4-5-15-9-13-12-6(2)16-9/h7,11H,3-5H2,1-2H3,(H2,10,14). The Balaban J connectivity index is 2.30. The maximum Gasteiger partial charge on any atom is 0.234 e. The summed E-state index contributed by atoms with van der Waals surface area (Å²) < 4.78 is 0.942. The Morgan fingerprint density at radius 3 is 2.88 bits per heavy atom. The number of rotatable bonds is 7. The van der Waals surface area contributed by atoms with E-state index >= 15 is 0 Å². The van der Waals surface area contributed by atoms with Crippen molar-refractivity contribution < 1.29 is 4.79 Å². The van der Waals surface area contributed by atoms with Crippen LogP contribution in [0, 0.1) is 6.92 Å². The highest BCUT2D eigenvalue weighted by molar-refractivity contribution is 8.01. The number of carbonyl (C=O) groups is 1. The number of primary amides is 1. The quantitative estimate of drug-likeness (QED) is 0.709. The number of nitrogens with one attached hydrogen (secondary N) is 1. The lowest BCUT2D eigenvalue weighted by molar-refractivity contribution is -0.120. The van der Waals surface area contributed by atoms with Crippen LogP contribution in [0.25, 0.3) is 0 Å². The maximum atomic E-state index is 11.1. The van der Waals surface area contributed by atoms with E-state index in [0.717, 1.165) is 21.6 Å². The molecule has 1 heterocycles. The lowest BCUT2D eigenvalue weighted by atomic mass is 10.2. The summed E-state index contributed by atoms with van der Waals surface area (Å²) in [5.74, 6) is 0.519. The van der Waals surface area contributed by atoms with Gasteiger partial charge in [-0.2, -0.15) is 0 Å². The van der Waals surface area contributed by atoms with Gasteiger partial charge in [-0.3, -0.25) is 4.79 Å². The van der Waals surface area contributed by atoms with Crippen molar-refractivity contribution in [3.8, 4) is 0 Å². The zero-order valence-corrected chi connectivity index (χ0v) is 11.0. The van der Waals surface area contributed by atoms with Crippen LogP contribution in [0.4, 0.5) is 0 Å². The second kappa shape index (κ2) is 6.82. The van der Waals surface area contributed by atoms with E-state index in [1.54, 1.807) is 23.1 Å². The van der Waals surface area contributed by atoms with Crippen molar-refractivity contribution in [1.82, 2.24) is 15.5 Å². The Morgan fingerprint density at radius 1 is 1.62 bits per heavy atom. The molecule has 0 aliphatic rings. The summed E-state index contributed by atoms with van der Waals surface area (Å²) in [4.78, 5) is 11.1. The minimum absolute atomic E-state index is 0.244. The molecule has 0 spiro atoms. The van der Waals surface area contributed by atoms with Crippen LogP contribution in [0.2, 0.25) is 0 Å². The van der Waals surface area contributed by atoms with Crippen LogP contribution in [-0.2, 0) is 4.79 Å². The summed E-state index contributed by atoms with van der Waals surface area (Å²) in [7, 11) is 0. The van der Waals surface area contributed by atoms with Gasteiger partial charge in [0.2, 0.25) is 5.91 Å². The number of amides is 1. The fraction of sp³-hybridized carbons (Fsp3) is 0.667. The molecule has 0 fully saturated rings. The van der Waals surface area contributed by atoms with E-state index in [2.05, 4.69) is 15.5 Å². The van der Waals surface area contributed by atoms with Gasteiger partial charge in [0, 0.05) is 5.75 Å². The molecule has 0 radical (unpaired) electrons. The summed E-state index contributed by atoms with van der Waals surface area (Å²) in [5.41, 5.74) is 5.27. The van der Waals surface area contributed by atoms with E-state index in [4.69, 9.17) is 5.73 Å². The van der Waals surface area contributed by atoms with Gasteiger partial charge in [-0.15, -0.1) is 10.2 Å². The third-order valence-corrected chi connectivity index (χ3v) is 3.94. The van der Waals surface area contributed by atoms with Crippen LogP contribution in [0.3, 0.4) is 0 Å². The van der Waals surface area contributed by atoms with E-state index in [9.17, 15) is 4.79 Å². The molecule has 7 heteroatoms. The first kappa shape index (κ1) is 13.4. The van der Waals surface area contributed by atoms with Crippen LogP contribution < -0.4 is 11.1 Å². The van der Waals surface area contributed by atoms with Crippen molar-refractivity contribution in [3.63, 3.8) is 0 Å². The predicted octanol–water partition coefficient (Wildman–Crippen LogP) is 0.792. The van der Waals surface area contributed by atoms with Crippen molar-refractivity contribution in [2.45, 2.75) is 30.6 Å². The van der Waals surface area contributed by atoms with Crippen molar-refractivity contribution in [3.05, 3.63) is 5.01 Å². The molecule has 16 heavy (non-hydrogen) atoms. The molecule has 1 atom stereocenters. The summed E-state index contributed by atoms with van der Waals surface area (Å²) >= 11 is 3.18. The minimum atomic E-state index is -0.295. The molecule has 0 saturated carbocycles. The maximum absolute atomic E-state index is 11.1. The molecule has 5 nitrogen and oxygen atoms in total. The molecular weight excluding hydrogens is 244 g/mol. The Morgan fingerprint density at radius 2 is 2.38 bits per heavy atom. The second-order valence-corrected chi connectivity index (χ2v) is 5.76. The molecule has 1 aromatic rings. The molecule has 1 aromatic heterocycles. The smallest absolute Gasteiger partial charge is 0.234 e. The molecular formula is C9H16N4OS2. The van der Waals surface area contributed by atoms with Crippen molar-refractivity contribution in [1.29, 1.82) is 0 Å². The Labute approximate surface area is 103 Å². The topological polar surface area (TPSA) is 80.9 Å². The van der Waals surface area contributed by atoms with E-state index < -0.39 is 0 Å². The second-order valence-electron chi connectivity index (χ2n) is 3.24. The summed E-state index contributed by atoms with van der Waals surface area (Å²) in [6.45, 7) is 4.62. The first-order valence-corrected chi connectivity index (χ1v) is 6.89. The van der Waals surface area contributed by atoms with Crippen LogP contribution in [0.15, 0.2) is 4.34 Å². The van der Waals surface area contributed by atoms with Gasteiger partial charge in [0.15, 0.2) is 4.34 Å². The highest BCUT2D eigenvalue weighted by atomic mass is 32.2. The molecule has 1 unspecified atom stereocenters. The number of likely N-dealkylation sites (N-methyl/N-ethyl adjacent to an activating group) is 1. The molecule has 90 valence electrons. The number of aryl methyl sites for hydroxylation is 1. The largest absolute Gasteiger partial charge is 0.368 e. The van der Waals surface area contributed by atoms with E-state index in [1.807, 2.05) is 13.8 Å². The summed E-state index contributed by atoms with van der Waals surface area (Å²) in [6, 6.07) is -0.244. The lowest BCUT2D eigenvalue weighted by Gasteiger charge is -2.12. The molecule has 0 saturated heterocycles. The highest BCUT2D eigenvalue weighted by Crippen LogP contribution is 2.22. The van der Waals surface area contributed by atoms with Gasteiger partial charge in [-0.25, -0.2) is 0 Å². The number of hydrogen-bond acceptors (Lipinski definition) is 6. The number of hydrogen-bond donors (Lipinski definition) is 2. The van der Waals surface area contributed by atoms with Crippen LogP contribution in [-0.4, -0.2) is 34.4 Å². The molecule has 3 N–H and O–H groups in total.